The Bertz CT molecular complexity index is 236. The Kier molecular flexibility index (Phi) is 1.99. The molecule has 0 aliphatic carbocycles. The van der Waals surface area contributed by atoms with Gasteiger partial charge in [0.05, 0.1) is 6.21 Å². The second-order valence-corrected chi connectivity index (χ2v) is 1.82. The molecular weight excluding hydrogens is 131 g/mol. The number of aromatic nitrogens is 1. The van der Waals surface area contributed by atoms with Crippen molar-refractivity contribution in [1.29, 1.82) is 5.41 Å². The Labute approximate surface area is 57.9 Å². The maximum absolute atomic E-state index is 12.3. The lowest BCUT2D eigenvalue weighted by Gasteiger charge is -1.81. The topological polar surface area (TPSA) is 39.6 Å². The molecule has 2 nitrogen and oxygen atoms in total. The van der Waals surface area contributed by atoms with Crippen LogP contribution in [-0.4, -0.2) is 11.2 Å². The predicted octanol–water partition coefficient (Wildman–Crippen LogP) is 1.97. The standard InChI is InChI=1S/C7H7FN2/c8-7(4-9)3-6-1-2-10-5-6/h1-5,9-10H/b7-3-,9-4?. The zero-order valence-electron chi connectivity index (χ0n) is 5.26. The van der Waals surface area contributed by atoms with Gasteiger partial charge in [0.1, 0.15) is 5.83 Å². The van der Waals surface area contributed by atoms with Crippen LogP contribution >= 0.6 is 0 Å². The summed E-state index contributed by atoms with van der Waals surface area (Å²) in [5, 5.41) is 6.53. The van der Waals surface area contributed by atoms with E-state index in [1.807, 2.05) is 0 Å². The van der Waals surface area contributed by atoms with Gasteiger partial charge in [-0.1, -0.05) is 0 Å². The minimum Gasteiger partial charge on any atom is -0.367 e. The van der Waals surface area contributed by atoms with Gasteiger partial charge < -0.3 is 10.4 Å². The van der Waals surface area contributed by atoms with Crippen LogP contribution < -0.4 is 0 Å². The number of allylic oxidation sites excluding steroid dienone is 1. The molecule has 0 radical (unpaired) electrons. The van der Waals surface area contributed by atoms with Gasteiger partial charge in [-0.2, -0.15) is 0 Å². The molecule has 0 spiro atoms. The molecule has 2 N–H and O–H groups in total. The Balaban J connectivity index is 2.80. The first-order valence-corrected chi connectivity index (χ1v) is 2.83. The van der Waals surface area contributed by atoms with E-state index < -0.39 is 5.83 Å². The van der Waals surface area contributed by atoms with Crippen LogP contribution in [0.3, 0.4) is 0 Å². The van der Waals surface area contributed by atoms with Crippen molar-refractivity contribution in [3.05, 3.63) is 29.9 Å². The maximum atomic E-state index is 12.3. The second kappa shape index (κ2) is 2.96. The summed E-state index contributed by atoms with van der Waals surface area (Å²) in [4.78, 5) is 2.77. The number of H-pyrrole nitrogens is 1. The van der Waals surface area contributed by atoms with Gasteiger partial charge in [-0.25, -0.2) is 4.39 Å². The molecule has 0 aromatic carbocycles. The Morgan fingerprint density at radius 2 is 2.50 bits per heavy atom. The third-order valence-electron chi connectivity index (χ3n) is 1.06. The van der Waals surface area contributed by atoms with Crippen molar-refractivity contribution < 1.29 is 4.39 Å². The van der Waals surface area contributed by atoms with Crippen molar-refractivity contribution in [2.45, 2.75) is 0 Å². The molecule has 0 fully saturated rings. The highest BCUT2D eigenvalue weighted by Crippen LogP contribution is 2.03. The number of rotatable bonds is 2. The Hall–Kier alpha value is -1.38. The molecule has 1 aromatic heterocycles. The van der Waals surface area contributed by atoms with Crippen molar-refractivity contribution >= 4 is 12.3 Å². The van der Waals surface area contributed by atoms with Crippen LogP contribution in [0.15, 0.2) is 24.3 Å². The highest BCUT2D eigenvalue weighted by molar-refractivity contribution is 5.80. The molecule has 0 saturated heterocycles. The third-order valence-corrected chi connectivity index (χ3v) is 1.06. The summed E-state index contributed by atoms with van der Waals surface area (Å²) in [6, 6.07) is 1.73. The van der Waals surface area contributed by atoms with Crippen molar-refractivity contribution in [2.24, 2.45) is 0 Å². The molecule has 0 aliphatic heterocycles. The van der Waals surface area contributed by atoms with Gasteiger partial charge in [-0.15, -0.1) is 0 Å². The molecule has 0 amide bonds. The Morgan fingerprint density at radius 3 is 3.00 bits per heavy atom. The van der Waals surface area contributed by atoms with Crippen LogP contribution in [0.5, 0.6) is 0 Å². The fourth-order valence-electron chi connectivity index (χ4n) is 0.627. The van der Waals surface area contributed by atoms with Crippen LogP contribution in [0.1, 0.15) is 5.56 Å². The van der Waals surface area contributed by atoms with Gasteiger partial charge in [0.2, 0.25) is 0 Å². The van der Waals surface area contributed by atoms with E-state index in [4.69, 9.17) is 5.41 Å². The monoisotopic (exact) mass is 138 g/mol. The molecule has 0 unspecified atom stereocenters. The third kappa shape index (κ3) is 1.55. The van der Waals surface area contributed by atoms with Crippen molar-refractivity contribution in [1.82, 2.24) is 4.98 Å². The molecule has 10 heavy (non-hydrogen) atoms. The SMILES string of the molecule is N=C/C(F)=C/c1cc[nH]c1. The van der Waals surface area contributed by atoms with E-state index in [0.29, 0.717) is 6.21 Å². The van der Waals surface area contributed by atoms with Gasteiger partial charge in [0.25, 0.3) is 0 Å². The number of nitrogens with one attached hydrogen (secondary N) is 2. The second-order valence-electron chi connectivity index (χ2n) is 1.82. The van der Waals surface area contributed by atoms with E-state index in [1.165, 1.54) is 6.08 Å². The van der Waals surface area contributed by atoms with E-state index >= 15 is 0 Å². The summed E-state index contributed by atoms with van der Waals surface area (Å²) >= 11 is 0. The predicted molar refractivity (Wildman–Crippen MR) is 38.7 cm³/mol. The van der Waals surface area contributed by atoms with Crippen LogP contribution in [0.4, 0.5) is 4.39 Å². The molecular formula is C7H7FN2. The molecule has 3 heteroatoms. The summed E-state index contributed by atoms with van der Waals surface area (Å²) in [5.74, 6) is -0.542. The highest BCUT2D eigenvalue weighted by Gasteiger charge is 1.89. The molecule has 1 rings (SSSR count). The maximum Gasteiger partial charge on any atom is 0.141 e. The summed E-state index contributed by atoms with van der Waals surface area (Å²) in [5.41, 5.74) is 0.737. The number of halogens is 1. The van der Waals surface area contributed by atoms with Crippen LogP contribution in [0.25, 0.3) is 6.08 Å². The van der Waals surface area contributed by atoms with Gasteiger partial charge in [0, 0.05) is 12.4 Å². The number of hydrogen-bond acceptors (Lipinski definition) is 1. The summed E-state index contributed by atoms with van der Waals surface area (Å²) in [6.07, 6.45) is 5.31. The normalized spacial score (nSPS) is 11.5. The summed E-state index contributed by atoms with van der Waals surface area (Å²) in [6.45, 7) is 0. The highest BCUT2D eigenvalue weighted by atomic mass is 19.1. The van der Waals surface area contributed by atoms with E-state index in [2.05, 4.69) is 4.98 Å². The van der Waals surface area contributed by atoms with Gasteiger partial charge >= 0.3 is 0 Å². The first-order chi connectivity index (χ1) is 4.83. The fraction of sp³-hybridized carbons (Fsp3) is 0. The molecule has 0 aliphatic rings. The average molecular weight is 138 g/mol. The summed E-state index contributed by atoms with van der Waals surface area (Å²) in [7, 11) is 0. The minimum absolute atomic E-state index is 0.542. The summed E-state index contributed by atoms with van der Waals surface area (Å²) < 4.78 is 12.3. The van der Waals surface area contributed by atoms with E-state index in [-0.39, 0.29) is 0 Å². The largest absolute Gasteiger partial charge is 0.367 e. The minimum atomic E-state index is -0.542. The lowest BCUT2D eigenvalue weighted by Crippen LogP contribution is -1.70. The molecule has 0 saturated carbocycles. The molecule has 52 valence electrons. The van der Waals surface area contributed by atoms with Gasteiger partial charge in [-0.3, -0.25) is 0 Å². The first kappa shape index (κ1) is 6.74. The van der Waals surface area contributed by atoms with Gasteiger partial charge in [-0.05, 0) is 17.7 Å². The molecule has 0 atom stereocenters. The molecule has 1 aromatic rings. The average Bonchev–Trinajstić information content (AvgIpc) is 2.40. The van der Waals surface area contributed by atoms with Crippen LogP contribution in [0.2, 0.25) is 0 Å². The fourth-order valence-corrected chi connectivity index (χ4v) is 0.627. The zero-order valence-corrected chi connectivity index (χ0v) is 5.26. The van der Waals surface area contributed by atoms with Crippen molar-refractivity contribution in [2.75, 3.05) is 0 Å². The smallest absolute Gasteiger partial charge is 0.141 e. The van der Waals surface area contributed by atoms with E-state index in [1.54, 1.807) is 18.5 Å². The lowest BCUT2D eigenvalue weighted by molar-refractivity contribution is 0.692. The van der Waals surface area contributed by atoms with E-state index in [0.717, 1.165) is 5.56 Å². The van der Waals surface area contributed by atoms with E-state index in [9.17, 15) is 4.39 Å². The van der Waals surface area contributed by atoms with Crippen molar-refractivity contribution in [3.63, 3.8) is 0 Å². The van der Waals surface area contributed by atoms with Gasteiger partial charge in [0.15, 0.2) is 0 Å². The van der Waals surface area contributed by atoms with Crippen molar-refractivity contribution in [3.8, 4) is 0 Å². The lowest BCUT2D eigenvalue weighted by atomic mass is 10.3. The first-order valence-electron chi connectivity index (χ1n) is 2.83. The quantitative estimate of drug-likeness (QED) is 0.586. The Morgan fingerprint density at radius 1 is 1.70 bits per heavy atom. The van der Waals surface area contributed by atoms with Crippen LogP contribution in [0, 0.1) is 5.41 Å². The zero-order chi connectivity index (χ0) is 7.40. The van der Waals surface area contributed by atoms with Crippen LogP contribution in [-0.2, 0) is 0 Å². The number of hydrogen-bond donors (Lipinski definition) is 2. The number of aromatic amines is 1. The molecule has 0 bridgehead atoms. The molecule has 1 heterocycles.